The SMILES string of the molecule is C#CCNC1(C)CCN(C2CCN(c3nc(C(COCNC(=O)CNC(=O)C(Cc4ccccc4)NC(=O)CNC(=O)CNC(=O)OCC4c5ccccc5-c5ccccc54)(OC4CC4)c4ccccc4)c4cc(-c5cn(C)c(=O)c6[nH]ccc56)ccc4n3)CC2)CC1. The molecule has 8 aromatic rings. The van der Waals surface area contributed by atoms with Crippen molar-refractivity contribution in [3.05, 3.63) is 184 Å². The third-order valence-corrected chi connectivity index (χ3v) is 18.4. The van der Waals surface area contributed by atoms with Crippen molar-refractivity contribution in [3.8, 4) is 34.6 Å². The number of aromatic nitrogens is 4. The molecule has 0 spiro atoms. The van der Waals surface area contributed by atoms with Crippen LogP contribution in [0.25, 0.3) is 44.1 Å². The monoisotopic (exact) mass is 1250 g/mol. The second-order valence-electron chi connectivity index (χ2n) is 24.8. The van der Waals surface area contributed by atoms with E-state index < -0.39 is 61.0 Å². The van der Waals surface area contributed by atoms with E-state index in [-0.39, 0.29) is 49.5 Å². The molecule has 7 N–H and O–H groups in total. The van der Waals surface area contributed by atoms with E-state index in [0.717, 1.165) is 120 Å². The van der Waals surface area contributed by atoms with E-state index in [1.54, 1.807) is 17.8 Å². The molecule has 1 saturated carbocycles. The van der Waals surface area contributed by atoms with Gasteiger partial charge >= 0.3 is 6.09 Å². The normalized spacial score (nSPS) is 16.5. The Morgan fingerprint density at radius 1 is 0.742 bits per heavy atom. The molecule has 3 aromatic heterocycles. The molecule has 3 fully saturated rings. The van der Waals surface area contributed by atoms with Gasteiger partial charge in [-0.2, -0.15) is 0 Å². The fourth-order valence-electron chi connectivity index (χ4n) is 13.1. The lowest BCUT2D eigenvalue weighted by atomic mass is 9.87. The Morgan fingerprint density at radius 2 is 1.41 bits per heavy atom. The maximum Gasteiger partial charge on any atom is 0.407 e. The Labute approximate surface area is 539 Å². The number of amides is 5. The average Bonchev–Trinajstić information content (AvgIpc) is 1.55. The van der Waals surface area contributed by atoms with Crippen LogP contribution >= 0.6 is 0 Å². The molecule has 0 bridgehead atoms. The van der Waals surface area contributed by atoms with Crippen molar-refractivity contribution in [3.63, 3.8) is 0 Å². The Kier molecular flexibility index (Phi) is 19.4. The van der Waals surface area contributed by atoms with Crippen molar-refractivity contribution in [2.24, 2.45) is 7.05 Å². The highest BCUT2D eigenvalue weighted by Crippen LogP contribution is 2.46. The van der Waals surface area contributed by atoms with Gasteiger partial charge in [0.05, 0.1) is 43.6 Å². The zero-order valence-electron chi connectivity index (χ0n) is 52.4. The van der Waals surface area contributed by atoms with Crippen molar-refractivity contribution < 1.29 is 38.2 Å². The van der Waals surface area contributed by atoms with Gasteiger partial charge in [-0.3, -0.25) is 24.0 Å². The molecule has 21 heteroatoms. The van der Waals surface area contributed by atoms with Gasteiger partial charge in [0.15, 0.2) is 5.60 Å². The number of H-pyrrole nitrogens is 1. The number of benzene rings is 5. The van der Waals surface area contributed by atoms with Gasteiger partial charge in [-0.25, -0.2) is 14.8 Å². The second kappa shape index (κ2) is 28.4. The molecule has 5 heterocycles. The first-order valence-electron chi connectivity index (χ1n) is 32.0. The number of rotatable bonds is 25. The maximum atomic E-state index is 13.9. The minimum atomic E-state index is -1.34. The number of terminal acetylenes is 1. The number of nitrogens with zero attached hydrogens (tertiary/aromatic N) is 5. The fourth-order valence-corrected chi connectivity index (χ4v) is 13.1. The molecule has 2 aliphatic carbocycles. The molecular weight excluding hydrogens is 1180 g/mol. The molecule has 5 amide bonds. The summed E-state index contributed by atoms with van der Waals surface area (Å²) < 4.78 is 20.9. The van der Waals surface area contributed by atoms with Crippen LogP contribution in [0.4, 0.5) is 10.7 Å². The van der Waals surface area contributed by atoms with Gasteiger partial charge in [0.2, 0.25) is 29.6 Å². The predicted molar refractivity (Wildman–Crippen MR) is 355 cm³/mol. The summed E-state index contributed by atoms with van der Waals surface area (Å²) in [6, 6.07) is 42.1. The van der Waals surface area contributed by atoms with Crippen molar-refractivity contribution in [2.75, 3.05) is 77.2 Å². The van der Waals surface area contributed by atoms with Crippen molar-refractivity contribution >= 4 is 57.5 Å². The van der Waals surface area contributed by atoms with E-state index in [0.29, 0.717) is 35.3 Å². The largest absolute Gasteiger partial charge is 0.449 e. The third-order valence-electron chi connectivity index (χ3n) is 18.4. The van der Waals surface area contributed by atoms with Crippen LogP contribution in [0.15, 0.2) is 151 Å². The Balaban J connectivity index is 0.712. The summed E-state index contributed by atoms with van der Waals surface area (Å²) in [5.74, 6) is 0.614. The molecule has 5 aromatic carbocycles. The number of piperidine rings is 2. The first-order chi connectivity index (χ1) is 45.2. The number of hydrogen-bond acceptors (Lipinski definition) is 14. The zero-order chi connectivity index (χ0) is 64.5. The quantitative estimate of drug-likeness (QED) is 0.0182. The standard InChI is InChI=1S/C72H78N12O9/c1-4-32-78-71(2)30-36-83(37-31-71)50-28-34-84(35-29-50)69-80-60-26-23-48(58-43-82(3)68(89)65-56(58)27-33-73-65)39-57(60)66(81-69)72(93-51-24-25-51,49-17-9-6-10-18-49)45-91-46-77-63(86)40-75-67(88)61(38-47-15-7-5-8-16-47)79-64(87)42-74-62(85)41-76-70(90)92-44-59-54-21-13-11-19-52(54)53-20-12-14-22-55(53)59/h1,5-23,26-27,33,39,43,50-51,59,61,73,78H,24-25,28-32,34-38,40-42,44-46H2,2-3H3,(H,74,85)(H,75,88)(H,76,90)(H,77,86)(H,79,87). The van der Waals surface area contributed by atoms with Gasteiger partial charge in [-0.15, -0.1) is 6.42 Å². The highest BCUT2D eigenvalue weighted by molar-refractivity contribution is 5.98. The Hall–Kier alpha value is -9.72. The number of pyridine rings is 1. The smallest absolute Gasteiger partial charge is 0.407 e. The lowest BCUT2D eigenvalue weighted by Crippen LogP contribution is -2.55. The summed E-state index contributed by atoms with van der Waals surface area (Å²) in [5.41, 5.74) is 7.79. The molecule has 4 aliphatic rings. The number of aryl methyl sites for hydroxylation is 1. The highest BCUT2D eigenvalue weighted by Gasteiger charge is 2.45. The number of fused-ring (bicyclic) bond motifs is 5. The van der Waals surface area contributed by atoms with E-state index in [2.05, 4.69) is 65.6 Å². The van der Waals surface area contributed by atoms with Crippen LogP contribution in [0, 0.1) is 12.3 Å². The minimum Gasteiger partial charge on any atom is -0.449 e. The van der Waals surface area contributed by atoms with Crippen LogP contribution in [-0.4, -0.2) is 150 Å². The first-order valence-corrected chi connectivity index (χ1v) is 32.0. The fraction of sp³-hybridized carbons (Fsp3) is 0.361. The lowest BCUT2D eigenvalue weighted by Gasteiger charge is -2.45. The lowest BCUT2D eigenvalue weighted by molar-refractivity contribution is -0.131. The van der Waals surface area contributed by atoms with Crippen LogP contribution in [0.3, 0.4) is 0 Å². The van der Waals surface area contributed by atoms with E-state index in [1.165, 1.54) is 0 Å². The molecule has 2 aliphatic heterocycles. The third kappa shape index (κ3) is 14.6. The average molecular weight is 1260 g/mol. The minimum absolute atomic E-state index is 0.0206. The number of alkyl carbamates (subject to hydrolysis) is 1. The molecule has 2 saturated heterocycles. The van der Waals surface area contributed by atoms with E-state index in [4.69, 9.17) is 30.6 Å². The summed E-state index contributed by atoms with van der Waals surface area (Å²) in [6.07, 6.45) is 13.9. The molecule has 480 valence electrons. The van der Waals surface area contributed by atoms with E-state index >= 15 is 0 Å². The van der Waals surface area contributed by atoms with E-state index in [9.17, 15) is 28.8 Å². The van der Waals surface area contributed by atoms with Crippen LogP contribution < -0.4 is 42.4 Å². The highest BCUT2D eigenvalue weighted by atomic mass is 16.6. The molecule has 0 radical (unpaired) electrons. The van der Waals surface area contributed by atoms with Gasteiger partial charge in [0, 0.05) is 85.9 Å². The molecule has 2 atom stereocenters. The number of likely N-dealkylation sites (tertiary alicyclic amines) is 1. The molecule has 93 heavy (non-hydrogen) atoms. The Bertz CT molecular complexity index is 4090. The molecular formula is C72H78N12O9. The number of nitrogens with one attached hydrogen (secondary N) is 7. The second-order valence-corrected chi connectivity index (χ2v) is 24.8. The number of anilines is 1. The number of carbonyl (C=O) groups is 5. The maximum absolute atomic E-state index is 13.9. The van der Waals surface area contributed by atoms with Gasteiger partial charge in [-0.1, -0.05) is 121 Å². The first kappa shape index (κ1) is 63.4. The van der Waals surface area contributed by atoms with E-state index in [1.807, 2.05) is 134 Å². The summed E-state index contributed by atoms with van der Waals surface area (Å²) >= 11 is 0. The van der Waals surface area contributed by atoms with Crippen LogP contribution in [-0.2, 0) is 52.5 Å². The van der Waals surface area contributed by atoms with Crippen molar-refractivity contribution in [2.45, 2.75) is 87.1 Å². The van der Waals surface area contributed by atoms with Gasteiger partial charge in [-0.05, 0) is 103 Å². The Morgan fingerprint density at radius 3 is 2.12 bits per heavy atom. The summed E-state index contributed by atoms with van der Waals surface area (Å²) in [5, 5.41) is 18.2. The van der Waals surface area contributed by atoms with Gasteiger partial charge < -0.3 is 65.5 Å². The van der Waals surface area contributed by atoms with Crippen molar-refractivity contribution in [1.29, 1.82) is 0 Å². The predicted octanol–water partition coefficient (Wildman–Crippen LogP) is 6.53. The van der Waals surface area contributed by atoms with Crippen LogP contribution in [0.5, 0.6) is 0 Å². The number of aromatic amines is 1. The van der Waals surface area contributed by atoms with Crippen LogP contribution in [0.1, 0.15) is 79.3 Å². The zero-order valence-corrected chi connectivity index (χ0v) is 52.4. The summed E-state index contributed by atoms with van der Waals surface area (Å²) in [6.45, 7) is 4.59. The van der Waals surface area contributed by atoms with Crippen molar-refractivity contribution in [1.82, 2.24) is 56.3 Å². The number of hydrogen-bond donors (Lipinski definition) is 7. The molecule has 21 nitrogen and oxygen atoms in total. The number of ether oxygens (including phenoxy) is 3. The topological polar surface area (TPSA) is 255 Å². The summed E-state index contributed by atoms with van der Waals surface area (Å²) in [7, 11) is 1.74. The van der Waals surface area contributed by atoms with Gasteiger partial charge in [0.25, 0.3) is 5.56 Å². The van der Waals surface area contributed by atoms with Gasteiger partial charge in [0.1, 0.15) is 31.4 Å². The van der Waals surface area contributed by atoms with Crippen LogP contribution in [0.2, 0.25) is 0 Å². The number of carbonyl (C=O) groups excluding carboxylic acids is 5. The molecule has 2 unspecified atom stereocenters. The summed E-state index contributed by atoms with van der Waals surface area (Å²) in [4.78, 5) is 98.8. The molecule has 12 rings (SSSR count).